The Hall–Kier alpha value is -3.39. The van der Waals surface area contributed by atoms with Gasteiger partial charge in [-0.2, -0.15) is 0 Å². The van der Waals surface area contributed by atoms with Crippen molar-refractivity contribution in [2.75, 3.05) is 34.6 Å². The van der Waals surface area contributed by atoms with Crippen LogP contribution in [0, 0.1) is 0 Å². The third kappa shape index (κ3) is 4.94. The lowest BCUT2D eigenvalue weighted by Gasteiger charge is -2.29. The summed E-state index contributed by atoms with van der Waals surface area (Å²) in [4.78, 5) is 15.4. The fraction of sp³-hybridized carbons (Fsp3) is 0.250. The van der Waals surface area contributed by atoms with Crippen molar-refractivity contribution in [3.8, 4) is 28.7 Å². The molecule has 0 fully saturated rings. The zero-order valence-electron chi connectivity index (χ0n) is 20.6. The zero-order chi connectivity index (χ0) is 26.1. The molecule has 0 saturated heterocycles. The Balaban J connectivity index is 1.39. The van der Waals surface area contributed by atoms with E-state index in [1.54, 1.807) is 51.7 Å². The summed E-state index contributed by atoms with van der Waals surface area (Å²) < 4.78 is 28.4. The minimum absolute atomic E-state index is 0.194. The van der Waals surface area contributed by atoms with E-state index in [1.165, 1.54) is 0 Å². The first-order valence-electron chi connectivity index (χ1n) is 11.6. The molecule has 0 amide bonds. The van der Waals surface area contributed by atoms with Gasteiger partial charge >= 0.3 is 0 Å². The van der Waals surface area contributed by atoms with Crippen molar-refractivity contribution in [2.45, 2.75) is 13.0 Å². The maximum Gasteiger partial charge on any atom is 0.231 e. The zero-order valence-corrected chi connectivity index (χ0v) is 22.1. The first kappa shape index (κ1) is 25.3. The minimum Gasteiger partial charge on any atom is -0.496 e. The third-order valence-corrected chi connectivity index (χ3v) is 7.00. The molecule has 0 saturated carbocycles. The summed E-state index contributed by atoms with van der Waals surface area (Å²) in [5.74, 6) is 2.77. The highest BCUT2D eigenvalue weighted by Crippen LogP contribution is 2.43. The number of hydrogen-bond acceptors (Lipinski definition) is 7. The molecule has 0 bridgehead atoms. The quantitative estimate of drug-likeness (QED) is 0.338. The number of carbonyl (C=O) groups excluding carboxylic acids is 1. The number of nitrogens with zero attached hydrogens (tertiary/aromatic N) is 1. The van der Waals surface area contributed by atoms with Gasteiger partial charge in [-0.25, -0.2) is 0 Å². The Labute approximate surface area is 225 Å². The summed E-state index contributed by atoms with van der Waals surface area (Å²) in [7, 11) is 4.65. The number of carbonyl (C=O) groups is 1. The Kier molecular flexibility index (Phi) is 7.20. The number of rotatable bonds is 7. The van der Waals surface area contributed by atoms with Gasteiger partial charge in [0.15, 0.2) is 17.3 Å². The lowest BCUT2D eigenvalue weighted by atomic mass is 10.0. The Bertz CT molecular complexity index is 1400. The minimum atomic E-state index is -0.209. The van der Waals surface area contributed by atoms with Crippen LogP contribution in [0.15, 0.2) is 48.2 Å². The van der Waals surface area contributed by atoms with E-state index in [1.807, 2.05) is 18.2 Å². The summed E-state index contributed by atoms with van der Waals surface area (Å²) in [6, 6.07) is 12.5. The van der Waals surface area contributed by atoms with Crippen molar-refractivity contribution in [1.29, 1.82) is 0 Å². The molecule has 3 aromatic rings. The maximum atomic E-state index is 13.3. The molecule has 0 aliphatic carbocycles. The van der Waals surface area contributed by atoms with Crippen molar-refractivity contribution in [1.82, 2.24) is 4.90 Å². The van der Waals surface area contributed by atoms with Gasteiger partial charge in [0.2, 0.25) is 5.78 Å². The van der Waals surface area contributed by atoms with E-state index in [2.05, 4.69) is 4.90 Å². The third-order valence-electron chi connectivity index (χ3n) is 6.42. The lowest BCUT2D eigenvalue weighted by molar-refractivity contribution is 0.0950. The molecule has 0 unspecified atom stereocenters. The summed E-state index contributed by atoms with van der Waals surface area (Å²) in [5.41, 5.74) is 2.97. The van der Waals surface area contributed by atoms with Crippen molar-refractivity contribution >= 4 is 35.1 Å². The molecule has 3 aromatic carbocycles. The summed E-state index contributed by atoms with van der Waals surface area (Å²) in [6.45, 7) is 1.71. The Morgan fingerprint density at radius 3 is 2.46 bits per heavy atom. The number of fused-ring (bicyclic) bond motifs is 3. The molecule has 5 rings (SSSR count). The van der Waals surface area contributed by atoms with Crippen LogP contribution >= 0.6 is 23.2 Å². The molecule has 0 radical (unpaired) electrons. The SMILES string of the molecule is COc1cc(OC)c(OC)cc1/C=C1\Oc2c(ccc3c2CN(CCc2ccc(Cl)cc2Cl)CO3)C1=O. The van der Waals surface area contributed by atoms with Crippen LogP contribution in [0.1, 0.15) is 27.0 Å². The highest BCUT2D eigenvalue weighted by atomic mass is 35.5. The molecular formula is C28H25Cl2NO6. The van der Waals surface area contributed by atoms with Gasteiger partial charge in [-0.1, -0.05) is 29.3 Å². The second-order valence-corrected chi connectivity index (χ2v) is 9.46. The first-order valence-corrected chi connectivity index (χ1v) is 12.4. The number of hydrogen-bond donors (Lipinski definition) is 0. The average Bonchev–Trinajstić information content (AvgIpc) is 3.23. The summed E-state index contributed by atoms with van der Waals surface area (Å²) in [5, 5.41) is 1.25. The number of halogens is 2. The summed E-state index contributed by atoms with van der Waals surface area (Å²) >= 11 is 12.4. The van der Waals surface area contributed by atoms with Crippen molar-refractivity contribution < 1.29 is 28.5 Å². The maximum absolute atomic E-state index is 13.3. The van der Waals surface area contributed by atoms with Crippen LogP contribution in [0.2, 0.25) is 10.0 Å². The van der Waals surface area contributed by atoms with E-state index < -0.39 is 0 Å². The van der Waals surface area contributed by atoms with E-state index in [9.17, 15) is 4.79 Å². The monoisotopic (exact) mass is 541 g/mol. The second-order valence-electron chi connectivity index (χ2n) is 8.62. The van der Waals surface area contributed by atoms with Crippen LogP contribution in [-0.2, 0) is 13.0 Å². The van der Waals surface area contributed by atoms with Gasteiger partial charge in [-0.15, -0.1) is 0 Å². The lowest BCUT2D eigenvalue weighted by Crippen LogP contribution is -2.33. The molecule has 0 spiro atoms. The number of benzene rings is 3. The van der Waals surface area contributed by atoms with Gasteiger partial charge in [-0.05, 0) is 48.4 Å². The molecule has 192 valence electrons. The van der Waals surface area contributed by atoms with Gasteiger partial charge in [-0.3, -0.25) is 9.69 Å². The van der Waals surface area contributed by atoms with Gasteiger partial charge < -0.3 is 23.7 Å². The highest BCUT2D eigenvalue weighted by molar-refractivity contribution is 6.35. The van der Waals surface area contributed by atoms with Crippen molar-refractivity contribution in [3.05, 3.63) is 80.5 Å². The van der Waals surface area contributed by atoms with Gasteiger partial charge in [0.1, 0.15) is 24.0 Å². The van der Waals surface area contributed by atoms with Crippen LogP contribution in [0.3, 0.4) is 0 Å². The fourth-order valence-electron chi connectivity index (χ4n) is 4.46. The number of Topliss-reactive ketones (excluding diaryl/α,β-unsaturated/α-hetero) is 1. The predicted octanol–water partition coefficient (Wildman–Crippen LogP) is 6.03. The topological polar surface area (TPSA) is 66.5 Å². The van der Waals surface area contributed by atoms with Crippen molar-refractivity contribution in [3.63, 3.8) is 0 Å². The van der Waals surface area contributed by atoms with Gasteiger partial charge in [0.25, 0.3) is 0 Å². The van der Waals surface area contributed by atoms with Crippen LogP contribution < -0.4 is 23.7 Å². The van der Waals surface area contributed by atoms with E-state index in [-0.39, 0.29) is 11.5 Å². The number of allylic oxidation sites excluding steroid dienone is 1. The number of ether oxygens (including phenoxy) is 5. The fourth-order valence-corrected chi connectivity index (χ4v) is 4.96. The molecule has 9 heteroatoms. The number of ketones is 1. The van der Waals surface area contributed by atoms with Crippen LogP contribution in [-0.4, -0.2) is 45.3 Å². The van der Waals surface area contributed by atoms with E-state index in [4.69, 9.17) is 46.9 Å². The average molecular weight is 542 g/mol. The van der Waals surface area contributed by atoms with E-state index >= 15 is 0 Å². The molecule has 2 aliphatic rings. The molecular weight excluding hydrogens is 517 g/mol. The Morgan fingerprint density at radius 2 is 1.73 bits per heavy atom. The Morgan fingerprint density at radius 1 is 0.973 bits per heavy atom. The van der Waals surface area contributed by atoms with Crippen LogP contribution in [0.5, 0.6) is 28.7 Å². The molecule has 0 aromatic heterocycles. The standard InChI is InChI=1S/C28H25Cl2NO6/c1-33-23-13-25(35-3)24(34-2)10-17(23)11-26-27(32)19-6-7-22-20(28(19)37-26)14-31(15-36-22)9-8-16-4-5-18(29)12-21(16)30/h4-7,10-13H,8-9,14-15H2,1-3H3/b26-11-. The molecule has 2 heterocycles. The van der Waals surface area contributed by atoms with Gasteiger partial charge in [0.05, 0.1) is 32.5 Å². The molecule has 37 heavy (non-hydrogen) atoms. The molecule has 7 nitrogen and oxygen atoms in total. The predicted molar refractivity (Wildman–Crippen MR) is 142 cm³/mol. The second kappa shape index (κ2) is 10.5. The van der Waals surface area contributed by atoms with Gasteiger partial charge in [0, 0.05) is 34.8 Å². The van der Waals surface area contributed by atoms with Crippen LogP contribution in [0.4, 0.5) is 0 Å². The van der Waals surface area contributed by atoms with E-state index in [0.29, 0.717) is 69.7 Å². The van der Waals surface area contributed by atoms with E-state index in [0.717, 1.165) is 17.5 Å². The normalized spacial score (nSPS) is 15.6. The first-order chi connectivity index (χ1) is 17.9. The molecule has 0 atom stereocenters. The number of methoxy groups -OCH3 is 3. The molecule has 0 N–H and O–H groups in total. The largest absolute Gasteiger partial charge is 0.496 e. The molecule has 2 aliphatic heterocycles. The smallest absolute Gasteiger partial charge is 0.231 e. The van der Waals surface area contributed by atoms with Crippen LogP contribution in [0.25, 0.3) is 6.08 Å². The summed E-state index contributed by atoms with van der Waals surface area (Å²) in [6.07, 6.45) is 2.38. The highest BCUT2D eigenvalue weighted by Gasteiger charge is 2.34. The van der Waals surface area contributed by atoms with Crippen molar-refractivity contribution in [2.24, 2.45) is 0 Å².